The second kappa shape index (κ2) is 7.48. The minimum atomic E-state index is -0.313. The molecular formula is C17H28N2O3S2. The van der Waals surface area contributed by atoms with E-state index in [4.69, 9.17) is 4.74 Å². The lowest BCUT2D eigenvalue weighted by Gasteiger charge is -2.41. The molecule has 0 radical (unpaired) electrons. The third-order valence-corrected chi connectivity index (χ3v) is 7.25. The number of rotatable bonds is 3. The largest absolute Gasteiger partial charge is 0.462 e. The van der Waals surface area contributed by atoms with Gasteiger partial charge >= 0.3 is 5.97 Å². The van der Waals surface area contributed by atoms with Crippen LogP contribution in [0.2, 0.25) is 0 Å². The highest BCUT2D eigenvalue weighted by Crippen LogP contribution is 2.41. The molecule has 1 aliphatic carbocycles. The fourth-order valence-electron chi connectivity index (χ4n) is 3.63. The van der Waals surface area contributed by atoms with E-state index < -0.39 is 0 Å². The van der Waals surface area contributed by atoms with Crippen LogP contribution in [0.1, 0.15) is 46.5 Å². The smallest absolute Gasteiger partial charge is 0.306 e. The number of esters is 1. The summed E-state index contributed by atoms with van der Waals surface area (Å²) >= 11 is 3.66. The van der Waals surface area contributed by atoms with Gasteiger partial charge in [0.05, 0.1) is 11.1 Å². The molecule has 3 fully saturated rings. The number of hydrazine groups is 1. The SMILES string of the molecule is CC(C)(C)C=C1NNC(SCC2CC(=O)OC3CC(O)CCC23)S1. The summed E-state index contributed by atoms with van der Waals surface area (Å²) in [5, 5.41) is 11.0. The molecule has 5 nitrogen and oxygen atoms in total. The summed E-state index contributed by atoms with van der Waals surface area (Å²) in [6, 6.07) is 0. The molecular weight excluding hydrogens is 344 g/mol. The first-order chi connectivity index (χ1) is 11.3. The molecule has 7 heteroatoms. The summed E-state index contributed by atoms with van der Waals surface area (Å²) < 4.78 is 5.75. The molecule has 5 atom stereocenters. The summed E-state index contributed by atoms with van der Waals surface area (Å²) in [5.41, 5.74) is 6.71. The Balaban J connectivity index is 1.53. The summed E-state index contributed by atoms with van der Waals surface area (Å²) in [7, 11) is 0. The Bertz CT molecular complexity index is 507. The van der Waals surface area contributed by atoms with Crippen LogP contribution in [0.25, 0.3) is 0 Å². The van der Waals surface area contributed by atoms with E-state index in [9.17, 15) is 9.90 Å². The van der Waals surface area contributed by atoms with E-state index >= 15 is 0 Å². The van der Waals surface area contributed by atoms with Crippen molar-refractivity contribution < 1.29 is 14.6 Å². The lowest BCUT2D eigenvalue weighted by Crippen LogP contribution is -2.45. The van der Waals surface area contributed by atoms with Crippen molar-refractivity contribution in [1.82, 2.24) is 10.9 Å². The van der Waals surface area contributed by atoms with Crippen molar-refractivity contribution >= 4 is 29.5 Å². The second-order valence-electron chi connectivity index (χ2n) is 8.05. The quantitative estimate of drug-likeness (QED) is 0.658. The van der Waals surface area contributed by atoms with Crippen LogP contribution in [-0.2, 0) is 9.53 Å². The molecule has 0 spiro atoms. The van der Waals surface area contributed by atoms with E-state index in [2.05, 4.69) is 37.7 Å². The van der Waals surface area contributed by atoms with Gasteiger partial charge in [-0.3, -0.25) is 4.79 Å². The van der Waals surface area contributed by atoms with Crippen LogP contribution in [0.4, 0.5) is 0 Å². The van der Waals surface area contributed by atoms with Crippen molar-refractivity contribution in [2.75, 3.05) is 5.75 Å². The molecule has 0 aromatic carbocycles. The highest BCUT2D eigenvalue weighted by atomic mass is 32.2. The van der Waals surface area contributed by atoms with Gasteiger partial charge in [0.15, 0.2) is 0 Å². The van der Waals surface area contributed by atoms with Crippen molar-refractivity contribution in [3.63, 3.8) is 0 Å². The molecule has 0 amide bonds. The molecule has 24 heavy (non-hydrogen) atoms. The zero-order valence-corrected chi connectivity index (χ0v) is 16.2. The molecule has 2 saturated heterocycles. The average molecular weight is 373 g/mol. The highest BCUT2D eigenvalue weighted by Gasteiger charge is 2.42. The first-order valence-electron chi connectivity index (χ1n) is 8.70. The summed E-state index contributed by atoms with van der Waals surface area (Å²) in [6.07, 6.45) is 4.75. The fourth-order valence-corrected chi connectivity index (χ4v) is 6.26. The number of fused-ring (bicyclic) bond motifs is 1. The molecule has 5 unspecified atom stereocenters. The number of thioether (sulfide) groups is 2. The predicted octanol–water partition coefficient (Wildman–Crippen LogP) is 2.82. The van der Waals surface area contributed by atoms with E-state index in [-0.39, 0.29) is 28.3 Å². The Morgan fingerprint density at radius 1 is 1.42 bits per heavy atom. The summed E-state index contributed by atoms with van der Waals surface area (Å²) in [6.45, 7) is 6.57. The van der Waals surface area contributed by atoms with E-state index in [1.165, 1.54) is 5.03 Å². The summed E-state index contributed by atoms with van der Waals surface area (Å²) in [4.78, 5) is 11.9. The normalized spacial score (nSPS) is 38.6. The van der Waals surface area contributed by atoms with Crippen LogP contribution in [0.3, 0.4) is 0 Å². The number of aliphatic hydroxyl groups excluding tert-OH is 1. The Hall–Kier alpha value is -0.370. The molecule has 2 heterocycles. The van der Waals surface area contributed by atoms with Crippen LogP contribution < -0.4 is 10.9 Å². The lowest BCUT2D eigenvalue weighted by atomic mass is 9.75. The Labute approximate surface area is 152 Å². The van der Waals surface area contributed by atoms with Crippen LogP contribution in [0, 0.1) is 17.3 Å². The minimum Gasteiger partial charge on any atom is -0.462 e. The van der Waals surface area contributed by atoms with Crippen molar-refractivity contribution in [2.24, 2.45) is 17.3 Å². The zero-order chi connectivity index (χ0) is 17.3. The van der Waals surface area contributed by atoms with Crippen LogP contribution in [0.15, 0.2) is 11.1 Å². The van der Waals surface area contributed by atoms with Crippen LogP contribution in [-0.4, -0.2) is 33.7 Å². The number of allylic oxidation sites excluding steroid dienone is 1. The van der Waals surface area contributed by atoms with Crippen molar-refractivity contribution in [1.29, 1.82) is 0 Å². The molecule has 3 N–H and O–H groups in total. The molecule has 3 aliphatic rings. The molecule has 0 aromatic rings. The van der Waals surface area contributed by atoms with Gasteiger partial charge in [-0.15, -0.1) is 11.8 Å². The van der Waals surface area contributed by atoms with Crippen LogP contribution in [0.5, 0.6) is 0 Å². The Morgan fingerprint density at radius 3 is 2.96 bits per heavy atom. The van der Waals surface area contributed by atoms with Gasteiger partial charge in [0.1, 0.15) is 10.8 Å². The van der Waals surface area contributed by atoms with Gasteiger partial charge in [-0.1, -0.05) is 32.5 Å². The van der Waals surface area contributed by atoms with Gasteiger partial charge in [-0.2, -0.15) is 0 Å². The Kier molecular flexibility index (Phi) is 5.74. The van der Waals surface area contributed by atoms with Gasteiger partial charge in [-0.25, -0.2) is 5.43 Å². The molecule has 2 aliphatic heterocycles. The standard InChI is InChI=1S/C17H28N2O3S2/c1-17(2,3)8-14-18-19-16(24-14)23-9-10-6-15(21)22-13-7-11(20)4-5-12(10)13/h8,10-13,16,18-20H,4-7,9H2,1-3H3. The van der Waals surface area contributed by atoms with Crippen molar-refractivity contribution in [3.05, 3.63) is 11.1 Å². The number of hydrogen-bond acceptors (Lipinski definition) is 7. The Morgan fingerprint density at radius 2 is 2.21 bits per heavy atom. The number of hydrogen-bond donors (Lipinski definition) is 3. The molecule has 0 bridgehead atoms. The number of nitrogens with one attached hydrogen (secondary N) is 2. The minimum absolute atomic E-state index is 0.0840. The highest BCUT2D eigenvalue weighted by molar-refractivity contribution is 8.18. The fraction of sp³-hybridized carbons (Fsp3) is 0.824. The lowest BCUT2D eigenvalue weighted by molar-refractivity contribution is -0.168. The van der Waals surface area contributed by atoms with Gasteiger partial charge in [0, 0.05) is 18.8 Å². The third kappa shape index (κ3) is 4.84. The number of ether oxygens (including phenoxy) is 1. The van der Waals surface area contributed by atoms with Crippen molar-refractivity contribution in [2.45, 2.75) is 63.4 Å². The molecule has 0 aromatic heterocycles. The van der Waals surface area contributed by atoms with Gasteiger partial charge in [0.2, 0.25) is 0 Å². The predicted molar refractivity (Wildman–Crippen MR) is 99.0 cm³/mol. The zero-order valence-electron chi connectivity index (χ0n) is 14.6. The first-order valence-corrected chi connectivity index (χ1v) is 10.6. The molecule has 3 rings (SSSR count). The maximum Gasteiger partial charge on any atom is 0.306 e. The average Bonchev–Trinajstić information content (AvgIpc) is 2.89. The van der Waals surface area contributed by atoms with E-state index in [0.717, 1.165) is 18.6 Å². The van der Waals surface area contributed by atoms with Crippen molar-refractivity contribution in [3.8, 4) is 0 Å². The first kappa shape index (κ1) is 18.4. The van der Waals surface area contributed by atoms with E-state index in [0.29, 0.717) is 24.7 Å². The van der Waals surface area contributed by atoms with E-state index in [1.807, 2.05) is 11.8 Å². The maximum absolute atomic E-state index is 11.9. The van der Waals surface area contributed by atoms with Gasteiger partial charge < -0.3 is 15.3 Å². The monoisotopic (exact) mass is 372 g/mol. The number of aliphatic hydroxyl groups is 1. The number of carbonyl (C=O) groups excluding carboxylic acids is 1. The molecule has 136 valence electrons. The second-order valence-corrected chi connectivity index (χ2v) is 10.6. The van der Waals surface area contributed by atoms with Crippen LogP contribution >= 0.6 is 23.5 Å². The van der Waals surface area contributed by atoms with Gasteiger partial charge in [-0.05, 0) is 36.0 Å². The molecule has 1 saturated carbocycles. The maximum atomic E-state index is 11.9. The topological polar surface area (TPSA) is 70.6 Å². The number of carbonyl (C=O) groups is 1. The van der Waals surface area contributed by atoms with Gasteiger partial charge in [0.25, 0.3) is 0 Å². The summed E-state index contributed by atoms with van der Waals surface area (Å²) in [5.74, 6) is 1.60. The van der Waals surface area contributed by atoms with E-state index in [1.54, 1.807) is 11.8 Å². The third-order valence-electron chi connectivity index (χ3n) is 4.71.